The first kappa shape index (κ1) is 15.1. The number of fused-ring (bicyclic) bond motifs is 1. The van der Waals surface area contributed by atoms with Gasteiger partial charge in [0.05, 0.1) is 11.8 Å². The van der Waals surface area contributed by atoms with Crippen LogP contribution < -0.4 is 0 Å². The van der Waals surface area contributed by atoms with Crippen molar-refractivity contribution in [2.45, 2.75) is 31.9 Å². The topological polar surface area (TPSA) is 56.9 Å². The van der Waals surface area contributed by atoms with Crippen molar-refractivity contribution >= 4 is 5.65 Å². The maximum atomic E-state index is 10.6. The van der Waals surface area contributed by atoms with Gasteiger partial charge in [-0.2, -0.15) is 5.10 Å². The highest BCUT2D eigenvalue weighted by Crippen LogP contribution is 2.38. The Morgan fingerprint density at radius 3 is 3.13 bits per heavy atom. The van der Waals surface area contributed by atoms with Gasteiger partial charge >= 0.3 is 0 Å². The summed E-state index contributed by atoms with van der Waals surface area (Å²) in [6.45, 7) is 4.91. The van der Waals surface area contributed by atoms with Gasteiger partial charge in [0.1, 0.15) is 6.33 Å². The van der Waals surface area contributed by atoms with Crippen LogP contribution in [-0.2, 0) is 6.54 Å². The van der Waals surface area contributed by atoms with Crippen LogP contribution in [-0.4, -0.2) is 68.8 Å². The predicted molar refractivity (Wildman–Crippen MR) is 88.1 cm³/mol. The van der Waals surface area contributed by atoms with Crippen molar-refractivity contribution in [1.82, 2.24) is 24.4 Å². The van der Waals surface area contributed by atoms with Crippen LogP contribution in [0.15, 0.2) is 24.5 Å². The second-order valence-corrected chi connectivity index (χ2v) is 7.27. The van der Waals surface area contributed by atoms with E-state index < -0.39 is 0 Å². The van der Waals surface area contributed by atoms with E-state index in [4.69, 9.17) is 0 Å². The predicted octanol–water partition coefficient (Wildman–Crippen LogP) is 1.01. The second kappa shape index (κ2) is 5.85. The van der Waals surface area contributed by atoms with Gasteiger partial charge in [0.25, 0.3) is 0 Å². The molecule has 6 heteroatoms. The zero-order valence-electron chi connectivity index (χ0n) is 13.7. The molecule has 0 radical (unpaired) electrons. The summed E-state index contributed by atoms with van der Waals surface area (Å²) in [5.41, 5.74) is 2.09. The molecule has 2 fully saturated rings. The Kier molecular flexibility index (Phi) is 3.83. The Morgan fingerprint density at radius 1 is 1.30 bits per heavy atom. The minimum atomic E-state index is -0.177. The molecule has 124 valence electrons. The summed E-state index contributed by atoms with van der Waals surface area (Å²) in [5.74, 6) is 0. The maximum absolute atomic E-state index is 10.6. The van der Waals surface area contributed by atoms with Crippen LogP contribution in [0, 0.1) is 5.41 Å². The summed E-state index contributed by atoms with van der Waals surface area (Å²) < 4.78 is 1.92. The maximum Gasteiger partial charge on any atom is 0.155 e. The Bertz CT molecular complexity index is 686. The summed E-state index contributed by atoms with van der Waals surface area (Å²) in [6.07, 6.45) is 4.60. The number of rotatable bonds is 2. The van der Waals surface area contributed by atoms with Crippen LogP contribution in [0.3, 0.4) is 0 Å². The van der Waals surface area contributed by atoms with Crippen molar-refractivity contribution in [2.24, 2.45) is 5.41 Å². The summed E-state index contributed by atoms with van der Waals surface area (Å²) in [6, 6.07) is 6.14. The minimum absolute atomic E-state index is 0.0293. The Morgan fingerprint density at radius 2 is 2.22 bits per heavy atom. The average molecular weight is 315 g/mol. The molecule has 0 aliphatic carbocycles. The van der Waals surface area contributed by atoms with Crippen LogP contribution in [0.1, 0.15) is 25.0 Å². The van der Waals surface area contributed by atoms with E-state index in [9.17, 15) is 5.11 Å². The van der Waals surface area contributed by atoms with E-state index in [2.05, 4.69) is 33.0 Å². The molecule has 0 amide bonds. The number of likely N-dealkylation sites (tertiary alicyclic amines) is 2. The zero-order chi connectivity index (χ0) is 15.9. The second-order valence-electron chi connectivity index (χ2n) is 7.27. The van der Waals surface area contributed by atoms with Crippen molar-refractivity contribution in [3.05, 3.63) is 30.2 Å². The fourth-order valence-corrected chi connectivity index (χ4v) is 4.42. The fourth-order valence-electron chi connectivity index (χ4n) is 4.42. The first-order chi connectivity index (χ1) is 11.2. The van der Waals surface area contributed by atoms with E-state index in [0.29, 0.717) is 0 Å². The monoisotopic (exact) mass is 315 g/mol. The molecule has 4 rings (SSSR count). The Labute approximate surface area is 136 Å². The highest BCUT2D eigenvalue weighted by Gasteiger charge is 2.44. The summed E-state index contributed by atoms with van der Waals surface area (Å²) >= 11 is 0. The molecular weight excluding hydrogens is 290 g/mol. The molecule has 23 heavy (non-hydrogen) atoms. The van der Waals surface area contributed by atoms with E-state index in [1.807, 2.05) is 16.6 Å². The number of pyridine rings is 1. The normalized spacial score (nSPS) is 30.3. The Balaban J connectivity index is 1.54. The van der Waals surface area contributed by atoms with Gasteiger partial charge in [-0.25, -0.2) is 9.50 Å². The lowest BCUT2D eigenvalue weighted by Gasteiger charge is -2.50. The first-order valence-corrected chi connectivity index (χ1v) is 8.53. The smallest absolute Gasteiger partial charge is 0.155 e. The number of hydrogen-bond donors (Lipinski definition) is 1. The number of piperidine rings is 2. The molecule has 2 saturated heterocycles. The third-order valence-corrected chi connectivity index (χ3v) is 5.53. The van der Waals surface area contributed by atoms with Gasteiger partial charge in [-0.15, -0.1) is 0 Å². The van der Waals surface area contributed by atoms with Crippen LogP contribution in [0.4, 0.5) is 0 Å². The highest BCUT2D eigenvalue weighted by molar-refractivity contribution is 5.37. The largest absolute Gasteiger partial charge is 0.392 e. The first-order valence-electron chi connectivity index (χ1n) is 8.53. The van der Waals surface area contributed by atoms with Gasteiger partial charge in [0.15, 0.2) is 5.65 Å². The lowest BCUT2D eigenvalue weighted by Crippen LogP contribution is -2.58. The standard InChI is InChI=1S/C17H25N5O/c1-20-9-6-15(23)17(11-20)7-3-8-21(12-17)10-14-4-2-5-16-18-13-19-22(14)16/h2,4-5,13,15,23H,3,6-12H2,1H3/t15-,17-/m0/s1. The molecule has 2 atom stereocenters. The lowest BCUT2D eigenvalue weighted by atomic mass is 9.71. The average Bonchev–Trinajstić information content (AvgIpc) is 3.01. The van der Waals surface area contributed by atoms with Crippen molar-refractivity contribution in [3.8, 4) is 0 Å². The molecule has 1 spiro atoms. The van der Waals surface area contributed by atoms with Crippen molar-refractivity contribution in [2.75, 3.05) is 33.2 Å². The number of hydrogen-bond acceptors (Lipinski definition) is 5. The van der Waals surface area contributed by atoms with Crippen molar-refractivity contribution < 1.29 is 5.11 Å². The van der Waals surface area contributed by atoms with E-state index in [-0.39, 0.29) is 11.5 Å². The van der Waals surface area contributed by atoms with Crippen LogP contribution in [0.25, 0.3) is 5.65 Å². The molecule has 0 aromatic carbocycles. The molecule has 0 saturated carbocycles. The van der Waals surface area contributed by atoms with Gasteiger partial charge in [0.2, 0.25) is 0 Å². The van der Waals surface area contributed by atoms with Crippen molar-refractivity contribution in [1.29, 1.82) is 0 Å². The van der Waals surface area contributed by atoms with E-state index in [1.54, 1.807) is 6.33 Å². The number of aliphatic hydroxyl groups is 1. The van der Waals surface area contributed by atoms with E-state index in [0.717, 1.165) is 63.3 Å². The molecule has 0 unspecified atom stereocenters. The quantitative estimate of drug-likeness (QED) is 0.896. The number of aliphatic hydroxyl groups excluding tert-OH is 1. The van der Waals surface area contributed by atoms with Gasteiger partial charge in [0, 0.05) is 31.6 Å². The van der Waals surface area contributed by atoms with E-state index in [1.165, 1.54) is 0 Å². The van der Waals surface area contributed by atoms with Gasteiger partial charge in [-0.1, -0.05) is 6.07 Å². The fraction of sp³-hybridized carbons (Fsp3) is 0.647. The lowest BCUT2D eigenvalue weighted by molar-refractivity contribution is -0.0810. The molecule has 2 aromatic rings. The summed E-state index contributed by atoms with van der Waals surface area (Å²) in [7, 11) is 2.17. The van der Waals surface area contributed by atoms with E-state index >= 15 is 0 Å². The van der Waals surface area contributed by atoms with Gasteiger partial charge < -0.3 is 10.0 Å². The zero-order valence-corrected chi connectivity index (χ0v) is 13.7. The van der Waals surface area contributed by atoms with Gasteiger partial charge in [-0.05, 0) is 45.0 Å². The number of nitrogens with zero attached hydrogens (tertiary/aromatic N) is 5. The molecule has 2 aliphatic rings. The molecule has 4 heterocycles. The number of aromatic nitrogens is 3. The highest BCUT2D eigenvalue weighted by atomic mass is 16.3. The molecule has 2 aromatic heterocycles. The summed E-state index contributed by atoms with van der Waals surface area (Å²) in [5, 5.41) is 15.0. The Hall–Kier alpha value is -1.50. The van der Waals surface area contributed by atoms with Crippen LogP contribution in [0.5, 0.6) is 0 Å². The molecule has 2 aliphatic heterocycles. The molecule has 0 bridgehead atoms. The molecule has 1 N–H and O–H groups in total. The summed E-state index contributed by atoms with van der Waals surface area (Å²) in [4.78, 5) is 9.11. The van der Waals surface area contributed by atoms with Crippen LogP contribution in [0.2, 0.25) is 0 Å². The van der Waals surface area contributed by atoms with Crippen LogP contribution >= 0.6 is 0 Å². The third kappa shape index (κ3) is 2.75. The van der Waals surface area contributed by atoms with Crippen molar-refractivity contribution in [3.63, 3.8) is 0 Å². The van der Waals surface area contributed by atoms with Gasteiger partial charge in [-0.3, -0.25) is 4.90 Å². The SMILES string of the molecule is CN1CC[C@H](O)[C@@]2(CCCN(Cc3cccc4ncnn34)C2)C1. The molecule has 6 nitrogen and oxygen atoms in total. The minimum Gasteiger partial charge on any atom is -0.392 e. The molecular formula is C17H25N5O. The third-order valence-electron chi connectivity index (χ3n) is 5.53.